The Morgan fingerprint density at radius 1 is 1.00 bits per heavy atom. The number of nitrogens with one attached hydrogen (secondary N) is 1. The second-order valence-corrected chi connectivity index (χ2v) is 6.89. The maximum absolute atomic E-state index is 6.00. The van der Waals surface area contributed by atoms with Gasteiger partial charge < -0.3 is 34.7 Å². The summed E-state index contributed by atoms with van der Waals surface area (Å²) in [5.41, 5.74) is 5.49. The van der Waals surface area contributed by atoms with E-state index >= 15 is 0 Å². The summed E-state index contributed by atoms with van der Waals surface area (Å²) in [6, 6.07) is 0. The molecule has 3 N–H and O–H groups in total. The number of nitrogens with two attached hydrogens (primary N) is 1. The fourth-order valence-electron chi connectivity index (χ4n) is 3.08. The van der Waals surface area contributed by atoms with Crippen molar-refractivity contribution in [1.82, 2.24) is 5.32 Å². The lowest BCUT2D eigenvalue weighted by molar-refractivity contribution is -0.342. The summed E-state index contributed by atoms with van der Waals surface area (Å²) in [7, 11) is 0. The van der Waals surface area contributed by atoms with Crippen LogP contribution in [0.3, 0.4) is 0 Å². The number of hydrogen-bond donors (Lipinski definition) is 2. The Morgan fingerprint density at radius 3 is 2.29 bits per heavy atom. The predicted molar refractivity (Wildman–Crippen MR) is 77.3 cm³/mol. The van der Waals surface area contributed by atoms with Crippen LogP contribution in [-0.2, 0) is 23.7 Å². The van der Waals surface area contributed by atoms with Crippen LogP contribution in [-0.4, -0.2) is 53.9 Å². The molecule has 0 aromatic heterocycles. The van der Waals surface area contributed by atoms with Crippen LogP contribution in [0.4, 0.5) is 0 Å². The van der Waals surface area contributed by atoms with E-state index < -0.39 is 17.9 Å². The molecule has 0 aromatic rings. The van der Waals surface area contributed by atoms with E-state index in [1.807, 2.05) is 27.7 Å². The summed E-state index contributed by atoms with van der Waals surface area (Å²) in [5.74, 6) is -1.41. The van der Waals surface area contributed by atoms with Crippen molar-refractivity contribution >= 4 is 17.3 Å². The third-order valence-electron chi connectivity index (χ3n) is 3.73. The summed E-state index contributed by atoms with van der Waals surface area (Å²) in [4.78, 5) is 0. The number of fused-ring (bicyclic) bond motifs is 3. The van der Waals surface area contributed by atoms with E-state index in [0.29, 0.717) is 6.54 Å². The molecule has 0 aromatic carbocycles. The Balaban J connectivity index is 1.76. The highest BCUT2D eigenvalue weighted by molar-refractivity contribution is 7.80. The molecule has 0 amide bonds. The molecular formula is C13H22N2O5S. The van der Waals surface area contributed by atoms with Crippen molar-refractivity contribution in [2.24, 2.45) is 5.73 Å². The highest BCUT2D eigenvalue weighted by Crippen LogP contribution is 2.44. The second kappa shape index (κ2) is 5.00. The van der Waals surface area contributed by atoms with Gasteiger partial charge in [-0.05, 0) is 39.9 Å². The van der Waals surface area contributed by atoms with Crippen LogP contribution >= 0.6 is 12.2 Å². The lowest BCUT2D eigenvalue weighted by Crippen LogP contribution is -2.58. The van der Waals surface area contributed by atoms with Crippen molar-refractivity contribution in [1.29, 1.82) is 0 Å². The predicted octanol–water partition coefficient (Wildman–Crippen LogP) is 0.216. The molecule has 3 fully saturated rings. The molecule has 8 heteroatoms. The van der Waals surface area contributed by atoms with E-state index in [1.165, 1.54) is 0 Å². The minimum atomic E-state index is -0.738. The second-order valence-electron chi connectivity index (χ2n) is 6.45. The fourth-order valence-corrected chi connectivity index (χ4v) is 3.17. The van der Waals surface area contributed by atoms with Gasteiger partial charge in [0, 0.05) is 6.54 Å². The van der Waals surface area contributed by atoms with Crippen LogP contribution in [0.2, 0.25) is 0 Å². The Hall–Kier alpha value is -0.510. The van der Waals surface area contributed by atoms with Gasteiger partial charge in [0.2, 0.25) is 0 Å². The first-order valence-electron chi connectivity index (χ1n) is 7.07. The topological polar surface area (TPSA) is 84.2 Å². The maximum atomic E-state index is 6.00. The van der Waals surface area contributed by atoms with Crippen LogP contribution in [0, 0.1) is 0 Å². The molecule has 3 heterocycles. The van der Waals surface area contributed by atoms with Crippen LogP contribution in [0.25, 0.3) is 0 Å². The van der Waals surface area contributed by atoms with Gasteiger partial charge in [-0.3, -0.25) is 0 Å². The van der Waals surface area contributed by atoms with Crippen molar-refractivity contribution in [3.63, 3.8) is 0 Å². The number of rotatable bonds is 2. The van der Waals surface area contributed by atoms with Crippen LogP contribution in [0.15, 0.2) is 0 Å². The SMILES string of the molecule is CC1(C)O[C@H]2O[C@H]3[C@H](OC(C)(C)O[C@@H]3CNC(N)=S)[C@H]2O1. The highest BCUT2D eigenvalue weighted by atomic mass is 32.1. The maximum Gasteiger partial charge on any atom is 0.190 e. The van der Waals surface area contributed by atoms with E-state index in [4.69, 9.17) is 41.6 Å². The van der Waals surface area contributed by atoms with Crippen molar-refractivity contribution in [3.05, 3.63) is 0 Å². The van der Waals surface area contributed by atoms with Crippen molar-refractivity contribution in [2.75, 3.05) is 6.54 Å². The lowest BCUT2D eigenvalue weighted by atomic mass is 10.0. The molecule has 0 unspecified atom stereocenters. The molecular weight excluding hydrogens is 296 g/mol. The Kier molecular flexibility index (Phi) is 3.67. The Labute approximate surface area is 129 Å². The first kappa shape index (κ1) is 15.4. The largest absolute Gasteiger partial charge is 0.376 e. The van der Waals surface area contributed by atoms with Gasteiger partial charge in [0.25, 0.3) is 0 Å². The molecule has 0 bridgehead atoms. The van der Waals surface area contributed by atoms with Gasteiger partial charge >= 0.3 is 0 Å². The average molecular weight is 318 g/mol. The smallest absolute Gasteiger partial charge is 0.190 e. The third-order valence-corrected chi connectivity index (χ3v) is 3.87. The molecule has 0 radical (unpaired) electrons. The summed E-state index contributed by atoms with van der Waals surface area (Å²) >= 11 is 4.84. The molecule has 3 aliphatic heterocycles. The normalized spacial score (nSPS) is 43.1. The van der Waals surface area contributed by atoms with Gasteiger partial charge in [-0.1, -0.05) is 0 Å². The first-order valence-corrected chi connectivity index (χ1v) is 7.48. The summed E-state index contributed by atoms with van der Waals surface area (Å²) in [6.07, 6.45) is -1.49. The standard InChI is InChI=1S/C13H22N2O5S/c1-12(2)17-6(5-15-11(14)21)7-8(18-12)9-10(16-7)20-13(3,4)19-9/h6-10H,5H2,1-4H3,(H3,14,15,21)/t6-,7-,8+,9-,10-/m1/s1. The zero-order valence-corrected chi connectivity index (χ0v) is 13.4. The molecule has 21 heavy (non-hydrogen) atoms. The van der Waals surface area contributed by atoms with Crippen LogP contribution in [0.5, 0.6) is 0 Å². The van der Waals surface area contributed by atoms with E-state index in [2.05, 4.69) is 5.32 Å². The quantitative estimate of drug-likeness (QED) is 0.700. The third kappa shape index (κ3) is 3.01. The number of hydrogen-bond acceptors (Lipinski definition) is 6. The van der Waals surface area contributed by atoms with Gasteiger partial charge in [-0.2, -0.15) is 0 Å². The Morgan fingerprint density at radius 2 is 1.62 bits per heavy atom. The molecule has 0 aliphatic carbocycles. The van der Waals surface area contributed by atoms with E-state index in [0.717, 1.165) is 0 Å². The number of ether oxygens (including phenoxy) is 5. The summed E-state index contributed by atoms with van der Waals surface area (Å²) in [6.45, 7) is 7.91. The highest BCUT2D eigenvalue weighted by Gasteiger charge is 2.61. The van der Waals surface area contributed by atoms with Gasteiger partial charge in [0.1, 0.15) is 24.4 Å². The summed E-state index contributed by atoms with van der Waals surface area (Å²) < 4.78 is 29.5. The van der Waals surface area contributed by atoms with Crippen molar-refractivity contribution in [3.8, 4) is 0 Å². The molecule has 0 spiro atoms. The van der Waals surface area contributed by atoms with Crippen LogP contribution < -0.4 is 11.1 Å². The molecule has 3 rings (SSSR count). The van der Waals surface area contributed by atoms with Gasteiger partial charge in [-0.15, -0.1) is 0 Å². The zero-order chi connectivity index (χ0) is 15.4. The zero-order valence-electron chi connectivity index (χ0n) is 12.6. The van der Waals surface area contributed by atoms with E-state index in [1.54, 1.807) is 0 Å². The van der Waals surface area contributed by atoms with E-state index in [9.17, 15) is 0 Å². The van der Waals surface area contributed by atoms with Gasteiger partial charge in [0.15, 0.2) is 23.0 Å². The molecule has 5 atom stereocenters. The van der Waals surface area contributed by atoms with Crippen LogP contribution in [0.1, 0.15) is 27.7 Å². The van der Waals surface area contributed by atoms with Crippen molar-refractivity contribution < 1.29 is 23.7 Å². The number of thiocarbonyl (C=S) groups is 1. The lowest BCUT2D eigenvalue weighted by Gasteiger charge is -2.43. The monoisotopic (exact) mass is 318 g/mol. The van der Waals surface area contributed by atoms with Gasteiger partial charge in [-0.25, -0.2) is 0 Å². The fraction of sp³-hybridized carbons (Fsp3) is 0.923. The van der Waals surface area contributed by atoms with E-state index in [-0.39, 0.29) is 29.5 Å². The first-order chi connectivity index (χ1) is 9.67. The average Bonchev–Trinajstić information content (AvgIpc) is 2.78. The molecule has 3 saturated heterocycles. The summed E-state index contributed by atoms with van der Waals surface area (Å²) in [5, 5.41) is 3.14. The molecule has 3 aliphatic rings. The molecule has 0 saturated carbocycles. The minimum absolute atomic E-state index is 0.228. The molecule has 7 nitrogen and oxygen atoms in total. The van der Waals surface area contributed by atoms with Gasteiger partial charge in [0.05, 0.1) is 0 Å². The van der Waals surface area contributed by atoms with Crippen molar-refractivity contribution in [2.45, 2.75) is 70.0 Å². The Bertz CT molecular complexity index is 444. The molecule has 120 valence electrons. The minimum Gasteiger partial charge on any atom is -0.376 e.